The van der Waals surface area contributed by atoms with Gasteiger partial charge in [-0.2, -0.15) is 0 Å². The van der Waals surface area contributed by atoms with Gasteiger partial charge in [-0.05, 0) is 42.8 Å². The van der Waals surface area contributed by atoms with Gasteiger partial charge in [-0.3, -0.25) is 18.7 Å². The molecule has 1 N–H and O–H groups in total. The summed E-state index contributed by atoms with van der Waals surface area (Å²) in [6.45, 7) is 3.70. The molecule has 3 aromatic rings. The number of rotatable bonds is 5. The maximum absolute atomic E-state index is 12.5. The van der Waals surface area contributed by atoms with Crippen LogP contribution in [-0.2, 0) is 23.6 Å². The highest BCUT2D eigenvalue weighted by molar-refractivity contribution is 5.82. The van der Waals surface area contributed by atoms with Gasteiger partial charge in [-0.25, -0.2) is 9.59 Å². The molecule has 0 unspecified atom stereocenters. The number of hydrogen-bond donors (Lipinski definition) is 1. The van der Waals surface area contributed by atoms with Gasteiger partial charge in [0.05, 0.1) is 12.1 Å². The molecule has 1 fully saturated rings. The Labute approximate surface area is 195 Å². The molecule has 1 saturated heterocycles. The molecule has 2 amide bonds. The molecule has 0 radical (unpaired) electrons. The Balaban J connectivity index is 1.38. The molecular formula is C23H27N5O6. The number of carbonyl (C=O) groups is 2. The van der Waals surface area contributed by atoms with E-state index in [-0.39, 0.29) is 24.2 Å². The number of hydrogen-bond acceptors (Lipinski definition) is 6. The summed E-state index contributed by atoms with van der Waals surface area (Å²) in [6, 6.07) is 8.86. The fourth-order valence-corrected chi connectivity index (χ4v) is 3.93. The van der Waals surface area contributed by atoms with Gasteiger partial charge >= 0.3 is 11.8 Å². The predicted octanol–water partition coefficient (Wildman–Crippen LogP) is 0.912. The van der Waals surface area contributed by atoms with Crippen LogP contribution in [0.2, 0.25) is 0 Å². The second-order valence-corrected chi connectivity index (χ2v) is 8.03. The van der Waals surface area contributed by atoms with E-state index in [1.165, 1.54) is 11.6 Å². The summed E-state index contributed by atoms with van der Waals surface area (Å²) in [5.74, 6) is 0.377. The first-order valence-electron chi connectivity index (χ1n) is 11.0. The number of nitrogens with one attached hydrogen (secondary N) is 1. The molecule has 0 spiro atoms. The fraction of sp³-hybridized carbons (Fsp3) is 0.391. The Hall–Kier alpha value is -4.02. The van der Waals surface area contributed by atoms with Crippen molar-refractivity contribution < 1.29 is 19.1 Å². The summed E-state index contributed by atoms with van der Waals surface area (Å²) >= 11 is 0. The van der Waals surface area contributed by atoms with E-state index in [0.29, 0.717) is 55.3 Å². The minimum Gasteiger partial charge on any atom is -0.484 e. The SMILES string of the molecule is CCOC(=O)N1CCN(C(=O)COc2ccc(-c3cc4c([nH]3)c(=O)n(C)c(=O)n4C)cc2)CC1. The molecule has 180 valence electrons. The van der Waals surface area contributed by atoms with Gasteiger partial charge in [0, 0.05) is 46.0 Å². The summed E-state index contributed by atoms with van der Waals surface area (Å²) in [5, 5.41) is 0. The van der Waals surface area contributed by atoms with E-state index in [4.69, 9.17) is 9.47 Å². The first kappa shape index (κ1) is 23.1. The summed E-state index contributed by atoms with van der Waals surface area (Å²) in [4.78, 5) is 55.1. The zero-order chi connectivity index (χ0) is 24.4. The number of H-pyrrole nitrogens is 1. The maximum Gasteiger partial charge on any atom is 0.409 e. The number of fused-ring (bicyclic) bond motifs is 1. The largest absolute Gasteiger partial charge is 0.484 e. The maximum atomic E-state index is 12.5. The minimum absolute atomic E-state index is 0.108. The lowest BCUT2D eigenvalue weighted by molar-refractivity contribution is -0.134. The average Bonchev–Trinajstić information content (AvgIpc) is 3.31. The van der Waals surface area contributed by atoms with Crippen molar-refractivity contribution in [2.45, 2.75) is 6.92 Å². The number of carbonyl (C=O) groups excluding carboxylic acids is 2. The zero-order valence-electron chi connectivity index (χ0n) is 19.4. The van der Waals surface area contributed by atoms with Gasteiger partial charge in [-0.1, -0.05) is 0 Å². The third kappa shape index (κ3) is 4.41. The normalized spacial score (nSPS) is 13.9. The number of aromatic nitrogens is 3. The number of benzene rings is 1. The Morgan fingerprint density at radius 3 is 2.26 bits per heavy atom. The van der Waals surface area contributed by atoms with Crippen LogP contribution in [0.1, 0.15) is 6.92 Å². The molecule has 11 heteroatoms. The second kappa shape index (κ2) is 9.46. The van der Waals surface area contributed by atoms with E-state index in [9.17, 15) is 19.2 Å². The molecule has 0 aliphatic carbocycles. The van der Waals surface area contributed by atoms with Gasteiger partial charge in [-0.15, -0.1) is 0 Å². The van der Waals surface area contributed by atoms with Crippen molar-refractivity contribution in [2.75, 3.05) is 39.4 Å². The molecule has 4 rings (SSSR count). The highest BCUT2D eigenvalue weighted by atomic mass is 16.6. The quantitative estimate of drug-likeness (QED) is 0.593. The molecule has 0 saturated carbocycles. The van der Waals surface area contributed by atoms with Gasteiger partial charge in [0.25, 0.3) is 11.5 Å². The highest BCUT2D eigenvalue weighted by Gasteiger charge is 2.25. The predicted molar refractivity (Wildman–Crippen MR) is 125 cm³/mol. The molecule has 3 heterocycles. The Morgan fingerprint density at radius 2 is 1.62 bits per heavy atom. The smallest absolute Gasteiger partial charge is 0.409 e. The van der Waals surface area contributed by atoms with E-state index < -0.39 is 5.69 Å². The van der Waals surface area contributed by atoms with Crippen LogP contribution in [0.25, 0.3) is 22.3 Å². The van der Waals surface area contributed by atoms with Crippen LogP contribution < -0.4 is 16.0 Å². The summed E-state index contributed by atoms with van der Waals surface area (Å²) in [5.41, 5.74) is 1.60. The number of amides is 2. The van der Waals surface area contributed by atoms with Crippen LogP contribution in [0, 0.1) is 0 Å². The van der Waals surface area contributed by atoms with Gasteiger partial charge < -0.3 is 24.3 Å². The van der Waals surface area contributed by atoms with E-state index in [1.807, 2.05) is 12.1 Å². The average molecular weight is 469 g/mol. The van der Waals surface area contributed by atoms with E-state index in [2.05, 4.69) is 4.98 Å². The van der Waals surface area contributed by atoms with Gasteiger partial charge in [0.15, 0.2) is 6.61 Å². The van der Waals surface area contributed by atoms with Crippen LogP contribution in [-0.4, -0.2) is 75.3 Å². The molecule has 1 aliphatic rings. The topological polar surface area (TPSA) is 119 Å². The van der Waals surface area contributed by atoms with Crippen LogP contribution in [0.3, 0.4) is 0 Å². The van der Waals surface area contributed by atoms with E-state index in [0.717, 1.165) is 10.1 Å². The second-order valence-electron chi connectivity index (χ2n) is 8.03. The van der Waals surface area contributed by atoms with Gasteiger partial charge in [0.1, 0.15) is 11.3 Å². The summed E-state index contributed by atoms with van der Waals surface area (Å²) in [7, 11) is 3.06. The number of ether oxygens (including phenoxy) is 2. The fourth-order valence-electron chi connectivity index (χ4n) is 3.93. The van der Waals surface area contributed by atoms with Crippen molar-refractivity contribution in [1.82, 2.24) is 23.9 Å². The number of aryl methyl sites for hydroxylation is 1. The number of nitrogens with zero attached hydrogens (tertiary/aromatic N) is 4. The Morgan fingerprint density at radius 1 is 0.971 bits per heavy atom. The van der Waals surface area contributed by atoms with Gasteiger partial charge in [0.2, 0.25) is 0 Å². The Kier molecular flexibility index (Phi) is 6.44. The van der Waals surface area contributed by atoms with Crippen LogP contribution >= 0.6 is 0 Å². The molecular weight excluding hydrogens is 442 g/mol. The lowest BCUT2D eigenvalue weighted by atomic mass is 10.1. The third-order valence-electron chi connectivity index (χ3n) is 5.94. The number of aromatic amines is 1. The molecule has 34 heavy (non-hydrogen) atoms. The minimum atomic E-state index is -0.390. The molecule has 2 aromatic heterocycles. The van der Waals surface area contributed by atoms with Crippen molar-refractivity contribution >= 4 is 23.0 Å². The van der Waals surface area contributed by atoms with Crippen molar-refractivity contribution in [3.05, 3.63) is 51.2 Å². The van der Waals surface area contributed by atoms with Crippen LogP contribution in [0.15, 0.2) is 39.9 Å². The van der Waals surface area contributed by atoms with Crippen LogP contribution in [0.4, 0.5) is 4.79 Å². The molecule has 1 aliphatic heterocycles. The van der Waals surface area contributed by atoms with E-state index in [1.54, 1.807) is 42.0 Å². The zero-order valence-corrected chi connectivity index (χ0v) is 19.4. The third-order valence-corrected chi connectivity index (χ3v) is 5.94. The lowest BCUT2D eigenvalue weighted by Gasteiger charge is -2.33. The monoisotopic (exact) mass is 469 g/mol. The van der Waals surface area contributed by atoms with E-state index >= 15 is 0 Å². The first-order valence-corrected chi connectivity index (χ1v) is 11.0. The summed E-state index contributed by atoms with van der Waals surface area (Å²) in [6.07, 6.45) is -0.358. The highest BCUT2D eigenvalue weighted by Crippen LogP contribution is 2.24. The van der Waals surface area contributed by atoms with Crippen molar-refractivity contribution in [3.63, 3.8) is 0 Å². The van der Waals surface area contributed by atoms with Crippen molar-refractivity contribution in [1.29, 1.82) is 0 Å². The Bertz CT molecular complexity index is 1330. The molecule has 1 aromatic carbocycles. The lowest BCUT2D eigenvalue weighted by Crippen LogP contribution is -2.51. The van der Waals surface area contributed by atoms with Crippen molar-refractivity contribution in [2.24, 2.45) is 14.1 Å². The first-order chi connectivity index (χ1) is 16.3. The molecule has 0 atom stereocenters. The number of piperazine rings is 1. The standard InChI is InChI=1S/C23H27N5O6/c1-4-33-23(32)28-11-9-27(10-12-28)19(29)14-34-16-7-5-15(6-8-16)17-13-18-20(24-17)21(30)26(3)22(31)25(18)2/h5-8,13,24H,4,9-12,14H2,1-3H3. The molecule has 11 nitrogen and oxygen atoms in total. The summed E-state index contributed by atoms with van der Waals surface area (Å²) < 4.78 is 13.1. The molecule has 0 bridgehead atoms. The van der Waals surface area contributed by atoms with Crippen molar-refractivity contribution in [3.8, 4) is 17.0 Å². The van der Waals surface area contributed by atoms with Crippen LogP contribution in [0.5, 0.6) is 5.75 Å².